The summed E-state index contributed by atoms with van der Waals surface area (Å²) in [5.41, 5.74) is -0.617. The molecule has 4 atom stereocenters. The van der Waals surface area contributed by atoms with Crippen LogP contribution in [0.5, 0.6) is 0 Å². The topological polar surface area (TPSA) is 103 Å². The third kappa shape index (κ3) is 10.8. The van der Waals surface area contributed by atoms with Gasteiger partial charge in [-0.1, -0.05) is 90.4 Å². The molecule has 1 aliphatic heterocycles. The van der Waals surface area contributed by atoms with E-state index >= 15 is 0 Å². The van der Waals surface area contributed by atoms with Crippen LogP contribution in [0.2, 0.25) is 0 Å². The molecule has 1 saturated heterocycles. The summed E-state index contributed by atoms with van der Waals surface area (Å²) in [6, 6.07) is 1.50. The van der Waals surface area contributed by atoms with Gasteiger partial charge in [0.15, 0.2) is 6.23 Å². The zero-order valence-corrected chi connectivity index (χ0v) is 21.8. The molecule has 200 valence electrons. The fourth-order valence-electron chi connectivity index (χ4n) is 4.49. The second kappa shape index (κ2) is 16.8. The van der Waals surface area contributed by atoms with E-state index in [-0.39, 0.29) is 18.6 Å². The van der Waals surface area contributed by atoms with Gasteiger partial charge in [-0.3, -0.25) is 9.36 Å². The van der Waals surface area contributed by atoms with Crippen molar-refractivity contribution in [3.05, 3.63) is 22.7 Å². The summed E-state index contributed by atoms with van der Waals surface area (Å²) < 4.78 is 20.6. The lowest BCUT2D eigenvalue weighted by molar-refractivity contribution is -0.114. The maximum Gasteiger partial charge on any atom is 0.351 e. The zero-order chi connectivity index (χ0) is 26.2. The van der Waals surface area contributed by atoms with Crippen LogP contribution in [0.15, 0.2) is 17.1 Å². The minimum absolute atomic E-state index is 0.136. The Kier molecular flexibility index (Phi) is 13.4. The third-order valence-electron chi connectivity index (χ3n) is 6.53. The molecule has 0 aromatic carbocycles. The number of nitrogens with one attached hydrogen (secondary N) is 1. The highest BCUT2D eigenvalue weighted by Crippen LogP contribution is 2.31. The lowest BCUT2D eigenvalue weighted by Gasteiger charge is -2.22. The van der Waals surface area contributed by atoms with Gasteiger partial charge in [0.05, 0.1) is 6.10 Å². The van der Waals surface area contributed by atoms with Gasteiger partial charge in [0.2, 0.25) is 5.91 Å². The number of aliphatic hydroxyl groups is 1. The van der Waals surface area contributed by atoms with E-state index in [9.17, 15) is 14.7 Å². The predicted molar refractivity (Wildman–Crippen MR) is 138 cm³/mol. The van der Waals surface area contributed by atoms with E-state index in [1.165, 1.54) is 94.4 Å². The Bertz CT molecular complexity index is 806. The Hall–Kier alpha value is -1.77. The van der Waals surface area contributed by atoms with E-state index in [2.05, 4.69) is 17.2 Å². The van der Waals surface area contributed by atoms with Crippen LogP contribution in [0.25, 0.3) is 0 Å². The lowest BCUT2D eigenvalue weighted by atomic mass is 10.0. The number of carbonyl (C=O) groups excluding carboxylic acids is 1. The second-order valence-electron chi connectivity index (χ2n) is 9.67. The number of rotatable bonds is 18. The summed E-state index contributed by atoms with van der Waals surface area (Å²) in [6.07, 6.45) is 16.0. The molecule has 8 heteroatoms. The molecule has 0 saturated carbocycles. The van der Waals surface area contributed by atoms with Gasteiger partial charge in [0.25, 0.3) is 0 Å². The Morgan fingerprint density at radius 1 is 1.09 bits per heavy atom. The van der Waals surface area contributed by atoms with Crippen LogP contribution < -0.4 is 11.0 Å². The number of aromatic nitrogens is 2. The normalized spacial score (nSPS) is 22.3. The predicted octanol–water partition coefficient (Wildman–Crippen LogP) is 5.35. The average Bonchev–Trinajstić information content (AvgIpc) is 3.16. The lowest BCUT2D eigenvalue weighted by Crippen LogP contribution is -2.37. The first-order valence-corrected chi connectivity index (χ1v) is 13.6. The van der Waals surface area contributed by atoms with Gasteiger partial charge in [0.1, 0.15) is 18.0 Å². The van der Waals surface area contributed by atoms with E-state index < -0.39 is 30.2 Å². The molecule has 1 aliphatic rings. The van der Waals surface area contributed by atoms with E-state index in [1.54, 1.807) is 0 Å². The van der Waals surface area contributed by atoms with Gasteiger partial charge < -0.3 is 19.9 Å². The molecule has 1 aromatic heterocycles. The van der Waals surface area contributed by atoms with Crippen LogP contribution in [0, 0.1) is 0 Å². The number of nitrogens with zero attached hydrogens (tertiary/aromatic N) is 2. The van der Waals surface area contributed by atoms with Crippen LogP contribution in [0.4, 0.5) is 5.82 Å². The third-order valence-corrected chi connectivity index (χ3v) is 6.53. The molecule has 0 radical (unpaired) electrons. The molecule has 2 N–H and O–H groups in total. The number of amides is 1. The highest BCUT2D eigenvalue weighted by molar-refractivity contribution is 5.87. The molecular formula is C27H47N3O5. The van der Waals surface area contributed by atoms with Crippen molar-refractivity contribution in [1.29, 1.82) is 0 Å². The molecular weight excluding hydrogens is 446 g/mol. The molecule has 8 nitrogen and oxygen atoms in total. The summed E-state index contributed by atoms with van der Waals surface area (Å²) in [5, 5.41) is 13.1. The van der Waals surface area contributed by atoms with Crippen molar-refractivity contribution < 1.29 is 20.7 Å². The smallest absolute Gasteiger partial charge is 0.351 e. The summed E-state index contributed by atoms with van der Waals surface area (Å²) in [5.74, 6) is -0.171. The standard InChI is InChI=1S/C27H47N3O5/c1-4-5-6-7-8-9-10-11-12-13-14-15-16-17-20-34-25-24(32)21(2)35-26(25)30-19-18-23(28-22(3)31)29-27(30)33/h18-19,21,24-26,32H,4-17,20H2,1-3H3,(H,28,29,31,33)/t21-,24-,25-,26?/m1/s1/i2D. The Balaban J connectivity index is 1.65. The van der Waals surface area contributed by atoms with Crippen molar-refractivity contribution in [2.75, 3.05) is 11.9 Å². The SMILES string of the molecule is [2H]C[C@H]1OC(n2ccc(NC(C)=O)nc2=O)[C@H](OCCCCCCCCCCCCCCCC)[C@@H]1O. The minimum atomic E-state index is -0.999. The Labute approximate surface area is 212 Å². The van der Waals surface area contributed by atoms with E-state index in [0.717, 1.165) is 19.3 Å². The van der Waals surface area contributed by atoms with Crippen LogP contribution in [0.3, 0.4) is 0 Å². The van der Waals surface area contributed by atoms with Crippen LogP contribution in [-0.2, 0) is 14.3 Å². The number of hydrogen-bond acceptors (Lipinski definition) is 6. The summed E-state index contributed by atoms with van der Waals surface area (Å²) in [6.45, 7) is 3.91. The van der Waals surface area contributed by atoms with Gasteiger partial charge in [-0.15, -0.1) is 0 Å². The van der Waals surface area contributed by atoms with E-state index in [0.29, 0.717) is 6.61 Å². The first-order chi connectivity index (χ1) is 17.5. The molecule has 1 amide bonds. The zero-order valence-electron chi connectivity index (χ0n) is 22.8. The minimum Gasteiger partial charge on any atom is -0.388 e. The fraction of sp³-hybridized carbons (Fsp3) is 0.815. The quantitative estimate of drug-likeness (QED) is 0.267. The molecule has 1 fully saturated rings. The van der Waals surface area contributed by atoms with E-state index in [4.69, 9.17) is 10.8 Å². The molecule has 1 aromatic rings. The first kappa shape index (κ1) is 27.8. The molecule has 35 heavy (non-hydrogen) atoms. The van der Waals surface area contributed by atoms with Gasteiger partial charge >= 0.3 is 5.69 Å². The number of ether oxygens (including phenoxy) is 2. The van der Waals surface area contributed by atoms with Crippen LogP contribution in [-0.4, -0.2) is 45.5 Å². The van der Waals surface area contributed by atoms with Crippen molar-refractivity contribution in [2.45, 2.75) is 135 Å². The van der Waals surface area contributed by atoms with Gasteiger partial charge in [-0.2, -0.15) is 4.98 Å². The second-order valence-corrected chi connectivity index (χ2v) is 9.67. The number of hydrogen-bond donors (Lipinski definition) is 2. The molecule has 0 bridgehead atoms. The fourth-order valence-corrected chi connectivity index (χ4v) is 4.49. The van der Waals surface area contributed by atoms with Crippen LogP contribution in [0.1, 0.15) is 118 Å². The average molecular weight is 495 g/mol. The largest absolute Gasteiger partial charge is 0.388 e. The maximum atomic E-state index is 12.5. The van der Waals surface area contributed by atoms with Crippen molar-refractivity contribution in [3.63, 3.8) is 0 Å². The molecule has 2 rings (SSSR count). The molecule has 1 unspecified atom stereocenters. The van der Waals surface area contributed by atoms with Gasteiger partial charge in [-0.05, 0) is 19.4 Å². The molecule has 0 aliphatic carbocycles. The van der Waals surface area contributed by atoms with E-state index in [1.807, 2.05) is 0 Å². The Morgan fingerprint density at radius 3 is 2.17 bits per heavy atom. The highest BCUT2D eigenvalue weighted by Gasteiger charge is 2.43. The summed E-state index contributed by atoms with van der Waals surface area (Å²) in [7, 11) is 0. The van der Waals surface area contributed by atoms with Gasteiger partial charge in [-0.25, -0.2) is 4.79 Å². The number of unbranched alkanes of at least 4 members (excludes halogenated alkanes) is 13. The first-order valence-electron chi connectivity index (χ1n) is 14.3. The summed E-state index contributed by atoms with van der Waals surface area (Å²) >= 11 is 0. The number of carbonyl (C=O) groups is 1. The summed E-state index contributed by atoms with van der Waals surface area (Å²) in [4.78, 5) is 27.6. The van der Waals surface area contributed by atoms with Crippen molar-refractivity contribution >= 4 is 11.7 Å². The van der Waals surface area contributed by atoms with Crippen molar-refractivity contribution in [1.82, 2.24) is 9.55 Å². The van der Waals surface area contributed by atoms with Crippen LogP contribution >= 0.6 is 0 Å². The molecule has 2 heterocycles. The van der Waals surface area contributed by atoms with Crippen molar-refractivity contribution in [3.8, 4) is 0 Å². The highest BCUT2D eigenvalue weighted by atomic mass is 16.6. The maximum absolute atomic E-state index is 12.5. The molecule has 0 spiro atoms. The number of anilines is 1. The van der Waals surface area contributed by atoms with Crippen molar-refractivity contribution in [2.24, 2.45) is 0 Å². The monoisotopic (exact) mass is 494 g/mol. The Morgan fingerprint density at radius 2 is 1.66 bits per heavy atom. The number of aliphatic hydroxyl groups excluding tert-OH is 1. The van der Waals surface area contributed by atoms with Gasteiger partial charge in [0, 0.05) is 21.1 Å².